The highest BCUT2D eigenvalue weighted by Crippen LogP contribution is 2.38. The Labute approximate surface area is 293 Å². The molecule has 1 aromatic heterocycles. The first kappa shape index (κ1) is 38.1. The minimum absolute atomic E-state index is 0.138. The molecular weight excluding hydrogens is 700 g/mol. The molecule has 19 heteroatoms. The minimum Gasteiger partial charge on any atom is -0.508 e. The van der Waals surface area contributed by atoms with Crippen LogP contribution in [-0.2, 0) is 23.7 Å². The molecule has 19 nitrogen and oxygen atoms in total. The Kier molecular flexibility index (Phi) is 11.0. The van der Waals surface area contributed by atoms with Crippen molar-refractivity contribution in [2.24, 2.45) is 0 Å². The van der Waals surface area contributed by atoms with E-state index in [0.29, 0.717) is 0 Å². The van der Waals surface area contributed by atoms with Crippen LogP contribution in [0.25, 0.3) is 22.3 Å². The number of ether oxygens (including phenoxy) is 6. The summed E-state index contributed by atoms with van der Waals surface area (Å²) in [6.45, 7) is 2.12. The third-order valence-corrected chi connectivity index (χ3v) is 9.26. The van der Waals surface area contributed by atoms with Gasteiger partial charge in [-0.15, -0.1) is 0 Å². The zero-order valence-corrected chi connectivity index (χ0v) is 27.5. The van der Waals surface area contributed by atoms with Gasteiger partial charge in [0.15, 0.2) is 24.4 Å². The molecule has 0 bridgehead atoms. The van der Waals surface area contributed by atoms with E-state index in [0.717, 1.165) is 12.1 Å². The van der Waals surface area contributed by atoms with Crippen molar-refractivity contribution in [3.8, 4) is 34.3 Å². The number of phenols is 3. The van der Waals surface area contributed by atoms with Gasteiger partial charge < -0.3 is 89.0 Å². The first-order chi connectivity index (χ1) is 24.6. The van der Waals surface area contributed by atoms with Crippen molar-refractivity contribution in [3.63, 3.8) is 0 Å². The van der Waals surface area contributed by atoms with Gasteiger partial charge in [0.1, 0.15) is 83.2 Å². The van der Waals surface area contributed by atoms with Gasteiger partial charge in [-0.2, -0.15) is 0 Å². The SMILES string of the molecule is C[C@H]1O[C@@H](O[C@H]2[C@H](Oc3c(-c4ccc(O)cc4)oc4cc(O)cc(O)c4c3=O)O[C@H](CO[C@H]3O[C@H](C)[C@@H](O)[C@H](O)[C@@H]3O)[C@@H](O)[C@@H]2O)[C@@H](O)[C@@H](O)[C@@H]1O. The first-order valence-corrected chi connectivity index (χ1v) is 16.2. The summed E-state index contributed by atoms with van der Waals surface area (Å²) in [4.78, 5) is 14.0. The third kappa shape index (κ3) is 7.16. The monoisotopic (exact) mass is 740 g/mol. The normalized spacial score (nSPS) is 38.3. The summed E-state index contributed by atoms with van der Waals surface area (Å²) < 4.78 is 40.3. The first-order valence-electron chi connectivity index (χ1n) is 16.2. The number of fused-ring (bicyclic) bond motifs is 1. The van der Waals surface area contributed by atoms with E-state index >= 15 is 0 Å². The molecule has 3 fully saturated rings. The van der Waals surface area contributed by atoms with Crippen molar-refractivity contribution in [1.29, 1.82) is 0 Å². The molecule has 286 valence electrons. The van der Waals surface area contributed by atoms with Crippen molar-refractivity contribution in [1.82, 2.24) is 0 Å². The molecule has 3 saturated heterocycles. The van der Waals surface area contributed by atoms with Gasteiger partial charge in [0.2, 0.25) is 17.5 Å². The number of phenolic OH excluding ortho intramolecular Hbond substituents is 3. The maximum atomic E-state index is 14.0. The second-order valence-electron chi connectivity index (χ2n) is 12.9. The molecule has 2 aromatic carbocycles. The van der Waals surface area contributed by atoms with E-state index in [1.807, 2.05) is 0 Å². The van der Waals surface area contributed by atoms with Crippen molar-refractivity contribution < 1.29 is 89.0 Å². The molecule has 0 unspecified atom stereocenters. The number of aromatic hydroxyl groups is 3. The third-order valence-electron chi connectivity index (χ3n) is 9.26. The van der Waals surface area contributed by atoms with Gasteiger partial charge in [0.25, 0.3) is 0 Å². The molecule has 0 aliphatic carbocycles. The van der Waals surface area contributed by atoms with Gasteiger partial charge in [-0.05, 0) is 38.1 Å². The number of rotatable bonds is 8. The largest absolute Gasteiger partial charge is 0.508 e. The van der Waals surface area contributed by atoms with Crippen LogP contribution in [0, 0.1) is 0 Å². The summed E-state index contributed by atoms with van der Waals surface area (Å²) in [5.74, 6) is -2.27. The zero-order valence-electron chi connectivity index (χ0n) is 27.5. The van der Waals surface area contributed by atoms with Crippen LogP contribution >= 0.6 is 0 Å². The Bertz CT molecular complexity index is 1760. The fraction of sp³-hybridized carbons (Fsp3) is 0.545. The van der Waals surface area contributed by atoms with Gasteiger partial charge >= 0.3 is 0 Å². The summed E-state index contributed by atoms with van der Waals surface area (Å²) >= 11 is 0. The van der Waals surface area contributed by atoms with Gasteiger partial charge in [-0.3, -0.25) is 4.79 Å². The molecule has 15 atom stereocenters. The Hall–Kier alpha value is -3.67. The summed E-state index contributed by atoms with van der Waals surface area (Å²) in [6.07, 6.45) is -24.7. The Balaban J connectivity index is 1.38. The lowest BCUT2D eigenvalue weighted by molar-refractivity contribution is -0.360. The van der Waals surface area contributed by atoms with E-state index in [9.17, 15) is 61.0 Å². The number of hydrogen-bond acceptors (Lipinski definition) is 19. The maximum absolute atomic E-state index is 14.0. The fourth-order valence-corrected chi connectivity index (χ4v) is 6.20. The number of aliphatic hydroxyl groups excluding tert-OH is 8. The van der Waals surface area contributed by atoms with E-state index in [-0.39, 0.29) is 22.7 Å². The van der Waals surface area contributed by atoms with Crippen molar-refractivity contribution in [2.45, 2.75) is 106 Å². The summed E-state index contributed by atoms with van der Waals surface area (Å²) in [6, 6.07) is 7.16. The lowest BCUT2D eigenvalue weighted by Crippen LogP contribution is -2.65. The van der Waals surface area contributed by atoms with E-state index in [2.05, 4.69) is 0 Å². The van der Waals surface area contributed by atoms with Gasteiger partial charge in [-0.25, -0.2) is 0 Å². The molecule has 3 aromatic rings. The maximum Gasteiger partial charge on any atom is 0.239 e. The molecule has 0 spiro atoms. The highest BCUT2D eigenvalue weighted by atomic mass is 16.8. The topological polar surface area (TPSA) is 308 Å². The van der Waals surface area contributed by atoms with Crippen LogP contribution in [0.1, 0.15) is 13.8 Å². The Morgan fingerprint density at radius 2 is 1.25 bits per heavy atom. The summed E-state index contributed by atoms with van der Waals surface area (Å²) in [5.41, 5.74) is -1.15. The predicted molar refractivity (Wildman–Crippen MR) is 170 cm³/mol. The van der Waals surface area contributed by atoms with E-state index in [1.54, 1.807) is 0 Å². The molecule has 0 amide bonds. The van der Waals surface area contributed by atoms with E-state index in [1.165, 1.54) is 38.1 Å². The average Bonchev–Trinajstić information content (AvgIpc) is 3.10. The zero-order chi connectivity index (χ0) is 37.8. The van der Waals surface area contributed by atoms with Crippen LogP contribution in [0.5, 0.6) is 23.0 Å². The van der Waals surface area contributed by atoms with Crippen molar-refractivity contribution in [3.05, 3.63) is 46.6 Å². The lowest BCUT2D eigenvalue weighted by atomic mass is 9.97. The van der Waals surface area contributed by atoms with E-state index in [4.69, 9.17) is 32.8 Å². The highest BCUT2D eigenvalue weighted by molar-refractivity contribution is 5.88. The molecular formula is C33H40O19. The predicted octanol–water partition coefficient (Wildman–Crippen LogP) is -2.54. The second-order valence-corrected chi connectivity index (χ2v) is 12.9. The van der Waals surface area contributed by atoms with Crippen LogP contribution in [0.15, 0.2) is 45.6 Å². The standard InChI is InChI=1S/C33H40O19/c1-10-19(37)23(41)26(44)31(47-10)46-9-17-21(39)25(43)30(52-32-27(45)24(42)20(38)11(2)48-32)33(50-17)51-29-22(40)18-15(36)7-14(35)8-16(18)49-28(29)12-3-5-13(34)6-4-12/h3-8,10-11,17,19-21,23-27,30-39,41-45H,9H2,1-2H3/t10-,11-,17-,19-,20-,21-,23+,24+,25+,26+,27+,30-,31+,32+,33+/m1/s1. The summed E-state index contributed by atoms with van der Waals surface area (Å²) in [7, 11) is 0. The van der Waals surface area contributed by atoms with Gasteiger partial charge in [-0.1, -0.05) is 0 Å². The molecule has 52 heavy (non-hydrogen) atoms. The molecule has 0 saturated carbocycles. The molecule has 4 heterocycles. The molecule has 0 radical (unpaired) electrons. The molecule has 11 N–H and O–H groups in total. The fourth-order valence-electron chi connectivity index (χ4n) is 6.20. The number of aliphatic hydroxyl groups is 8. The average molecular weight is 741 g/mol. The Morgan fingerprint density at radius 3 is 1.88 bits per heavy atom. The number of benzene rings is 2. The number of hydrogen-bond donors (Lipinski definition) is 11. The van der Waals surface area contributed by atoms with Crippen LogP contribution in [0.2, 0.25) is 0 Å². The smallest absolute Gasteiger partial charge is 0.239 e. The van der Waals surface area contributed by atoms with Crippen LogP contribution in [0.3, 0.4) is 0 Å². The molecule has 6 rings (SSSR count). The lowest BCUT2D eigenvalue weighted by Gasteiger charge is -2.46. The molecule has 3 aliphatic rings. The van der Waals surface area contributed by atoms with Crippen LogP contribution in [-0.4, -0.2) is 155 Å². The van der Waals surface area contributed by atoms with Crippen LogP contribution < -0.4 is 10.2 Å². The van der Waals surface area contributed by atoms with Crippen molar-refractivity contribution >= 4 is 11.0 Å². The minimum atomic E-state index is -2.00. The second kappa shape index (κ2) is 15.0. The Morgan fingerprint density at radius 1 is 0.654 bits per heavy atom. The highest BCUT2D eigenvalue weighted by Gasteiger charge is 2.52. The van der Waals surface area contributed by atoms with Crippen LogP contribution in [0.4, 0.5) is 0 Å². The van der Waals surface area contributed by atoms with Crippen molar-refractivity contribution in [2.75, 3.05) is 6.61 Å². The summed E-state index contributed by atoms with van der Waals surface area (Å²) in [5, 5.41) is 115. The van der Waals surface area contributed by atoms with Gasteiger partial charge in [0.05, 0.1) is 18.8 Å². The molecule has 3 aliphatic heterocycles. The quantitative estimate of drug-likeness (QED) is 0.113. The van der Waals surface area contributed by atoms with E-state index < -0.39 is 127 Å². The van der Waals surface area contributed by atoms with Gasteiger partial charge in [0, 0.05) is 17.7 Å².